The fourth-order valence-electron chi connectivity index (χ4n) is 3.11. The van der Waals surface area contributed by atoms with Crippen molar-refractivity contribution in [3.63, 3.8) is 0 Å². The maximum absolute atomic E-state index is 13.0. The largest absolute Gasteiger partial charge is 0.492 e. The molecule has 2 aromatic rings. The fourth-order valence-corrected chi connectivity index (χ4v) is 3.11. The van der Waals surface area contributed by atoms with Gasteiger partial charge in [0.25, 0.3) is 0 Å². The lowest BCUT2D eigenvalue weighted by atomic mass is 9.98. The van der Waals surface area contributed by atoms with E-state index in [4.69, 9.17) is 24.7 Å². The first kappa shape index (κ1) is 19.6. The summed E-state index contributed by atoms with van der Waals surface area (Å²) in [5.74, 6) is 2.26. The van der Waals surface area contributed by atoms with Crippen LogP contribution in [0.4, 0.5) is 5.69 Å². The third-order valence-corrected chi connectivity index (χ3v) is 4.47. The van der Waals surface area contributed by atoms with Gasteiger partial charge in [-0.15, -0.1) is 0 Å². The van der Waals surface area contributed by atoms with Crippen LogP contribution in [0.5, 0.6) is 23.0 Å². The molecule has 6 nitrogen and oxygen atoms in total. The minimum atomic E-state index is -0.0887. The first-order chi connectivity index (χ1) is 13.6. The molecule has 0 fully saturated rings. The van der Waals surface area contributed by atoms with Crippen molar-refractivity contribution in [2.24, 2.45) is 0 Å². The molecule has 0 atom stereocenters. The Balaban J connectivity index is 1.96. The van der Waals surface area contributed by atoms with Crippen LogP contribution < -0.4 is 24.7 Å². The van der Waals surface area contributed by atoms with Crippen molar-refractivity contribution in [3.8, 4) is 23.0 Å². The van der Waals surface area contributed by atoms with E-state index in [0.29, 0.717) is 66.1 Å². The van der Waals surface area contributed by atoms with Crippen LogP contribution in [-0.2, 0) is 0 Å². The lowest BCUT2D eigenvalue weighted by Crippen LogP contribution is -2.16. The minimum absolute atomic E-state index is 0.0887. The summed E-state index contributed by atoms with van der Waals surface area (Å²) in [6.07, 6.45) is 2.38. The average molecular weight is 383 g/mol. The van der Waals surface area contributed by atoms with Crippen molar-refractivity contribution >= 4 is 17.5 Å². The number of nitrogen functional groups attached to an aromatic ring is 1. The van der Waals surface area contributed by atoms with Crippen molar-refractivity contribution in [2.75, 3.05) is 32.7 Å². The number of Topliss-reactive ketones (excluding diaryl/α,β-unsaturated/α-hetero) is 1. The molecule has 28 heavy (non-hydrogen) atoms. The molecule has 0 spiro atoms. The van der Waals surface area contributed by atoms with Gasteiger partial charge in [0.05, 0.1) is 19.4 Å². The highest BCUT2D eigenvalue weighted by Gasteiger charge is 2.21. The molecule has 0 radical (unpaired) electrons. The number of carbonyl (C=O) groups is 1. The first-order valence-electron chi connectivity index (χ1n) is 9.33. The van der Waals surface area contributed by atoms with Crippen molar-refractivity contribution < 1.29 is 23.7 Å². The quantitative estimate of drug-likeness (QED) is 0.440. The predicted molar refractivity (Wildman–Crippen MR) is 109 cm³/mol. The maximum Gasteiger partial charge on any atom is 0.204 e. The molecule has 1 aliphatic heterocycles. The molecule has 6 heteroatoms. The molecule has 1 aliphatic rings. The lowest BCUT2D eigenvalue weighted by Gasteiger charge is -2.21. The van der Waals surface area contributed by atoms with Gasteiger partial charge in [-0.3, -0.25) is 4.79 Å². The summed E-state index contributed by atoms with van der Waals surface area (Å²) in [5.41, 5.74) is 8.38. The van der Waals surface area contributed by atoms with Gasteiger partial charge in [-0.25, -0.2) is 0 Å². The smallest absolute Gasteiger partial charge is 0.204 e. The number of ether oxygens (including phenoxy) is 4. The summed E-state index contributed by atoms with van der Waals surface area (Å²) < 4.78 is 22.3. The molecule has 0 bridgehead atoms. The number of allylic oxidation sites excluding steroid dienone is 1. The highest BCUT2D eigenvalue weighted by Crippen LogP contribution is 2.42. The van der Waals surface area contributed by atoms with Crippen LogP contribution in [0.3, 0.4) is 0 Å². The zero-order valence-electron chi connectivity index (χ0n) is 16.4. The highest BCUT2D eigenvalue weighted by molar-refractivity contribution is 6.12. The molecule has 0 amide bonds. The van der Waals surface area contributed by atoms with Crippen LogP contribution in [0.1, 0.15) is 36.2 Å². The van der Waals surface area contributed by atoms with Crippen LogP contribution in [0, 0.1) is 0 Å². The van der Waals surface area contributed by atoms with Gasteiger partial charge < -0.3 is 24.7 Å². The van der Waals surface area contributed by atoms with Gasteiger partial charge >= 0.3 is 0 Å². The van der Waals surface area contributed by atoms with Crippen LogP contribution in [-0.4, -0.2) is 32.7 Å². The number of hydrogen-bond acceptors (Lipinski definition) is 6. The number of benzene rings is 2. The second kappa shape index (κ2) is 8.69. The molecule has 2 N–H and O–H groups in total. The van der Waals surface area contributed by atoms with E-state index in [2.05, 4.69) is 0 Å². The molecule has 0 aliphatic carbocycles. The van der Waals surface area contributed by atoms with Gasteiger partial charge in [-0.1, -0.05) is 6.92 Å². The van der Waals surface area contributed by atoms with Crippen LogP contribution in [0.15, 0.2) is 35.9 Å². The number of rotatable bonds is 7. The first-order valence-corrected chi connectivity index (χ1v) is 9.33. The van der Waals surface area contributed by atoms with E-state index in [-0.39, 0.29) is 5.78 Å². The van der Waals surface area contributed by atoms with Gasteiger partial charge in [0, 0.05) is 16.7 Å². The highest BCUT2D eigenvalue weighted by atomic mass is 16.6. The van der Waals surface area contributed by atoms with Crippen molar-refractivity contribution in [1.82, 2.24) is 0 Å². The Kier molecular flexibility index (Phi) is 6.09. The second-order valence-corrected chi connectivity index (χ2v) is 6.25. The number of ketones is 1. The number of hydrogen-bond donors (Lipinski definition) is 1. The number of methoxy groups -OCH3 is 1. The van der Waals surface area contributed by atoms with Crippen LogP contribution >= 0.6 is 0 Å². The Morgan fingerprint density at radius 1 is 1.18 bits per heavy atom. The van der Waals surface area contributed by atoms with Crippen molar-refractivity contribution in [1.29, 1.82) is 0 Å². The number of nitrogens with two attached hydrogens (primary N) is 1. The zero-order chi connectivity index (χ0) is 20.1. The summed E-state index contributed by atoms with van der Waals surface area (Å²) in [6.45, 7) is 5.30. The van der Waals surface area contributed by atoms with Crippen molar-refractivity contribution in [2.45, 2.75) is 20.3 Å². The summed E-state index contributed by atoms with van der Waals surface area (Å²) in [4.78, 5) is 13.0. The Bertz CT molecular complexity index is 904. The van der Waals surface area contributed by atoms with Crippen molar-refractivity contribution in [3.05, 3.63) is 47.0 Å². The fraction of sp³-hybridized carbons (Fsp3) is 0.318. The molecule has 1 heterocycles. The second-order valence-electron chi connectivity index (χ2n) is 6.25. The third-order valence-electron chi connectivity index (χ3n) is 4.47. The Morgan fingerprint density at radius 2 is 1.96 bits per heavy atom. The van der Waals surface area contributed by atoms with E-state index in [0.717, 1.165) is 5.56 Å². The Morgan fingerprint density at radius 3 is 2.64 bits per heavy atom. The summed E-state index contributed by atoms with van der Waals surface area (Å²) in [6, 6.07) is 8.80. The molecule has 0 unspecified atom stereocenters. The topological polar surface area (TPSA) is 80.0 Å². The molecule has 0 aromatic heterocycles. The van der Waals surface area contributed by atoms with E-state index in [9.17, 15) is 4.79 Å². The predicted octanol–water partition coefficient (Wildman–Crippen LogP) is 4.12. The molecular formula is C22H25NO5. The van der Waals surface area contributed by atoms with Gasteiger partial charge in [-0.2, -0.15) is 0 Å². The monoisotopic (exact) mass is 383 g/mol. The zero-order valence-corrected chi connectivity index (χ0v) is 16.4. The van der Waals surface area contributed by atoms with Crippen LogP contribution in [0.25, 0.3) is 6.08 Å². The van der Waals surface area contributed by atoms with E-state index in [1.807, 2.05) is 32.1 Å². The van der Waals surface area contributed by atoms with E-state index in [1.54, 1.807) is 25.3 Å². The van der Waals surface area contributed by atoms with Gasteiger partial charge in [-0.05, 0) is 49.8 Å². The maximum atomic E-state index is 13.0. The number of carbonyl (C=O) groups excluding carboxylic acids is 1. The van der Waals surface area contributed by atoms with Gasteiger partial charge in [0.15, 0.2) is 17.3 Å². The average Bonchev–Trinajstić information content (AvgIpc) is 2.72. The molecule has 0 saturated heterocycles. The Hall–Kier alpha value is -3.15. The van der Waals surface area contributed by atoms with Crippen LogP contribution in [0.2, 0.25) is 0 Å². The van der Waals surface area contributed by atoms with E-state index >= 15 is 0 Å². The van der Waals surface area contributed by atoms with Gasteiger partial charge in [0.1, 0.15) is 19.0 Å². The molecule has 2 aromatic carbocycles. The standard InChI is InChI=1S/C22H25NO5/c1-4-14(20(24)15-6-8-18(26-5-2)17(23)13-15)12-16-7-9-19-22(21(16)25-3)28-11-10-27-19/h6-9,12-13H,4-5,10-11,23H2,1-3H3. The third kappa shape index (κ3) is 3.91. The Labute approximate surface area is 164 Å². The lowest BCUT2D eigenvalue weighted by molar-refractivity contribution is 0.103. The minimum Gasteiger partial charge on any atom is -0.492 e. The summed E-state index contributed by atoms with van der Waals surface area (Å²) in [7, 11) is 1.57. The summed E-state index contributed by atoms with van der Waals surface area (Å²) >= 11 is 0. The van der Waals surface area contributed by atoms with Gasteiger partial charge in [0.2, 0.25) is 5.75 Å². The number of fused-ring (bicyclic) bond motifs is 1. The van der Waals surface area contributed by atoms with E-state index < -0.39 is 0 Å². The molecule has 0 saturated carbocycles. The molecule has 148 valence electrons. The summed E-state index contributed by atoms with van der Waals surface area (Å²) in [5, 5.41) is 0. The molecule has 3 rings (SSSR count). The van der Waals surface area contributed by atoms with E-state index in [1.165, 1.54) is 0 Å². The molecular weight excluding hydrogens is 358 g/mol. The SMILES string of the molecule is CCOc1ccc(C(=O)C(=Cc2ccc3c(c2OC)OCCO3)CC)cc1N. The number of anilines is 1. The normalized spacial score (nSPS) is 13.2.